The Morgan fingerprint density at radius 3 is 2.63 bits per heavy atom. The molecule has 0 spiro atoms. The summed E-state index contributed by atoms with van der Waals surface area (Å²) < 4.78 is 0. The number of nitrogens with one attached hydrogen (secondary N) is 1. The molecule has 3 N–H and O–H groups in total. The van der Waals surface area contributed by atoms with Crippen molar-refractivity contribution in [3.8, 4) is 0 Å². The number of nitrogens with zero attached hydrogens (tertiary/aromatic N) is 1. The van der Waals surface area contributed by atoms with E-state index in [1.807, 2.05) is 31.2 Å². The number of carbonyl (C=O) groups is 1. The molecule has 98 valence electrons. The molecule has 1 aromatic carbocycles. The van der Waals surface area contributed by atoms with Gasteiger partial charge in [-0.15, -0.1) is 0 Å². The third-order valence-corrected chi connectivity index (χ3v) is 2.99. The lowest BCUT2D eigenvalue weighted by Crippen LogP contribution is -2.26. The lowest BCUT2D eigenvalue weighted by molar-refractivity contribution is 0.0939. The van der Waals surface area contributed by atoms with Crippen LogP contribution >= 0.6 is 0 Å². The number of amides is 1. The van der Waals surface area contributed by atoms with Gasteiger partial charge in [0.1, 0.15) is 0 Å². The van der Waals surface area contributed by atoms with Crippen molar-refractivity contribution < 1.29 is 4.79 Å². The summed E-state index contributed by atoms with van der Waals surface area (Å²) in [7, 11) is 0. The molecule has 1 amide bonds. The van der Waals surface area contributed by atoms with Gasteiger partial charge in [0.15, 0.2) is 0 Å². The van der Waals surface area contributed by atoms with Crippen LogP contribution < -0.4 is 11.1 Å². The Morgan fingerprint density at radius 1 is 1.32 bits per heavy atom. The van der Waals surface area contributed by atoms with Gasteiger partial charge in [-0.2, -0.15) is 0 Å². The number of nitrogens with two attached hydrogens (primary N) is 1. The highest BCUT2D eigenvalue weighted by Crippen LogP contribution is 2.14. The molecule has 4 heteroatoms. The molecule has 0 fully saturated rings. The maximum Gasteiger partial charge on any atom is 0.253 e. The molecule has 1 atom stereocenters. The first-order valence-corrected chi connectivity index (χ1v) is 6.20. The molecule has 0 saturated heterocycles. The predicted octanol–water partition coefficient (Wildman–Crippen LogP) is 2.03. The highest BCUT2D eigenvalue weighted by molar-refractivity contribution is 5.94. The molecule has 1 aromatic heterocycles. The Kier molecular flexibility index (Phi) is 4.26. The molecule has 0 bridgehead atoms. The fraction of sp³-hybridized carbons (Fsp3) is 0.200. The summed E-state index contributed by atoms with van der Waals surface area (Å²) in [6.45, 7) is 2.47. The summed E-state index contributed by atoms with van der Waals surface area (Å²) in [6.07, 6.45) is 3.20. The van der Waals surface area contributed by atoms with Crippen molar-refractivity contribution in [3.05, 3.63) is 65.5 Å². The number of pyridine rings is 1. The minimum Gasteiger partial charge on any atom is -0.345 e. The van der Waals surface area contributed by atoms with Gasteiger partial charge in [-0.1, -0.05) is 24.3 Å². The van der Waals surface area contributed by atoms with Crippen LogP contribution in [0.15, 0.2) is 48.8 Å². The van der Waals surface area contributed by atoms with Crippen LogP contribution in [0.2, 0.25) is 0 Å². The van der Waals surface area contributed by atoms with Crippen LogP contribution in [0.1, 0.15) is 34.5 Å². The van der Waals surface area contributed by atoms with E-state index in [9.17, 15) is 4.79 Å². The topological polar surface area (TPSA) is 68.0 Å². The van der Waals surface area contributed by atoms with Gasteiger partial charge < -0.3 is 11.1 Å². The Bertz CT molecular complexity index is 537. The number of rotatable bonds is 4. The summed E-state index contributed by atoms with van der Waals surface area (Å²) >= 11 is 0. The molecule has 0 aliphatic heterocycles. The Labute approximate surface area is 112 Å². The van der Waals surface area contributed by atoms with Crippen LogP contribution in [0.5, 0.6) is 0 Å². The number of hydrogen-bond acceptors (Lipinski definition) is 3. The second kappa shape index (κ2) is 6.11. The maximum atomic E-state index is 12.0. The molecule has 2 aromatic rings. The number of carbonyl (C=O) groups excluding carboxylic acids is 1. The Hall–Kier alpha value is -2.20. The van der Waals surface area contributed by atoms with E-state index < -0.39 is 0 Å². The average Bonchev–Trinajstić information content (AvgIpc) is 2.48. The Balaban J connectivity index is 2.04. The van der Waals surface area contributed by atoms with E-state index in [2.05, 4.69) is 10.3 Å². The minimum atomic E-state index is -0.122. The number of aromatic nitrogens is 1. The first kappa shape index (κ1) is 13.2. The molecule has 0 radical (unpaired) electrons. The standard InChI is InChI=1S/C15H17N3O/c1-11(13-6-4-12(9-16)5-7-13)18-15(19)14-3-2-8-17-10-14/h2-8,10-11H,9,16H2,1H3,(H,18,19). The van der Waals surface area contributed by atoms with Crippen molar-refractivity contribution >= 4 is 5.91 Å². The van der Waals surface area contributed by atoms with Crippen molar-refractivity contribution in [1.29, 1.82) is 0 Å². The fourth-order valence-electron chi connectivity index (χ4n) is 1.80. The SMILES string of the molecule is CC(NC(=O)c1cccnc1)c1ccc(CN)cc1. The van der Waals surface area contributed by atoms with Gasteiger partial charge in [0.25, 0.3) is 5.91 Å². The van der Waals surface area contributed by atoms with Gasteiger partial charge in [-0.3, -0.25) is 9.78 Å². The summed E-state index contributed by atoms with van der Waals surface area (Å²) in [5.41, 5.74) is 8.25. The van der Waals surface area contributed by atoms with Gasteiger partial charge in [0.05, 0.1) is 11.6 Å². The number of benzene rings is 1. The van der Waals surface area contributed by atoms with E-state index in [1.165, 1.54) is 0 Å². The molecule has 0 aliphatic rings. The van der Waals surface area contributed by atoms with E-state index in [4.69, 9.17) is 5.73 Å². The zero-order valence-electron chi connectivity index (χ0n) is 10.8. The first-order valence-electron chi connectivity index (χ1n) is 6.20. The summed E-state index contributed by atoms with van der Waals surface area (Å²) in [5, 5.41) is 2.94. The van der Waals surface area contributed by atoms with E-state index >= 15 is 0 Å². The second-order valence-electron chi connectivity index (χ2n) is 4.38. The minimum absolute atomic E-state index is 0.0560. The lowest BCUT2D eigenvalue weighted by atomic mass is 10.1. The van der Waals surface area contributed by atoms with E-state index in [0.717, 1.165) is 11.1 Å². The van der Waals surface area contributed by atoms with Crippen molar-refractivity contribution in [2.24, 2.45) is 5.73 Å². The van der Waals surface area contributed by atoms with E-state index in [-0.39, 0.29) is 11.9 Å². The molecule has 0 aliphatic carbocycles. The second-order valence-corrected chi connectivity index (χ2v) is 4.38. The molecule has 1 unspecified atom stereocenters. The van der Waals surface area contributed by atoms with Crippen LogP contribution in [-0.2, 0) is 6.54 Å². The molecule has 2 rings (SSSR count). The van der Waals surface area contributed by atoms with E-state index in [1.54, 1.807) is 24.5 Å². The third kappa shape index (κ3) is 3.39. The van der Waals surface area contributed by atoms with Crippen molar-refractivity contribution in [2.75, 3.05) is 0 Å². The van der Waals surface area contributed by atoms with Crippen molar-refractivity contribution in [1.82, 2.24) is 10.3 Å². The molecule has 19 heavy (non-hydrogen) atoms. The highest BCUT2D eigenvalue weighted by atomic mass is 16.1. The predicted molar refractivity (Wildman–Crippen MR) is 74.5 cm³/mol. The van der Waals surface area contributed by atoms with Crippen LogP contribution in [0.4, 0.5) is 0 Å². The van der Waals surface area contributed by atoms with Gasteiger partial charge >= 0.3 is 0 Å². The average molecular weight is 255 g/mol. The van der Waals surface area contributed by atoms with Crippen molar-refractivity contribution in [2.45, 2.75) is 19.5 Å². The summed E-state index contributed by atoms with van der Waals surface area (Å²) in [6, 6.07) is 11.3. The van der Waals surface area contributed by atoms with Crippen LogP contribution in [-0.4, -0.2) is 10.9 Å². The molecule has 0 saturated carbocycles. The molecular weight excluding hydrogens is 238 g/mol. The molecule has 1 heterocycles. The highest BCUT2D eigenvalue weighted by Gasteiger charge is 2.11. The van der Waals surface area contributed by atoms with Crippen molar-refractivity contribution in [3.63, 3.8) is 0 Å². The summed E-state index contributed by atoms with van der Waals surface area (Å²) in [5.74, 6) is -0.122. The van der Waals surface area contributed by atoms with Crippen LogP contribution in [0, 0.1) is 0 Å². The molecule has 4 nitrogen and oxygen atoms in total. The largest absolute Gasteiger partial charge is 0.345 e. The fourth-order valence-corrected chi connectivity index (χ4v) is 1.80. The third-order valence-electron chi connectivity index (χ3n) is 2.99. The number of hydrogen-bond donors (Lipinski definition) is 2. The summed E-state index contributed by atoms with van der Waals surface area (Å²) in [4.78, 5) is 15.9. The Morgan fingerprint density at radius 2 is 2.05 bits per heavy atom. The van der Waals surface area contributed by atoms with E-state index in [0.29, 0.717) is 12.1 Å². The van der Waals surface area contributed by atoms with Gasteiger partial charge in [-0.05, 0) is 30.2 Å². The van der Waals surface area contributed by atoms with Crippen LogP contribution in [0.25, 0.3) is 0 Å². The zero-order valence-corrected chi connectivity index (χ0v) is 10.8. The maximum absolute atomic E-state index is 12.0. The first-order chi connectivity index (χ1) is 9.20. The zero-order chi connectivity index (χ0) is 13.7. The lowest BCUT2D eigenvalue weighted by Gasteiger charge is -2.14. The quantitative estimate of drug-likeness (QED) is 0.878. The normalized spacial score (nSPS) is 11.9. The van der Waals surface area contributed by atoms with Gasteiger partial charge in [-0.25, -0.2) is 0 Å². The monoisotopic (exact) mass is 255 g/mol. The van der Waals surface area contributed by atoms with Gasteiger partial charge in [0, 0.05) is 18.9 Å². The van der Waals surface area contributed by atoms with Gasteiger partial charge in [0.2, 0.25) is 0 Å². The molecular formula is C15H17N3O. The van der Waals surface area contributed by atoms with Crippen LogP contribution in [0.3, 0.4) is 0 Å². The smallest absolute Gasteiger partial charge is 0.253 e.